The molecule has 8 nitrogen and oxygen atoms in total. The van der Waals surface area contributed by atoms with Gasteiger partial charge >= 0.3 is 0 Å². The molecule has 1 amide bonds. The van der Waals surface area contributed by atoms with Crippen molar-refractivity contribution >= 4 is 28.8 Å². The van der Waals surface area contributed by atoms with Gasteiger partial charge in [0.1, 0.15) is 0 Å². The minimum Gasteiger partial charge on any atom is -0.483 e. The molecule has 2 N–H and O–H groups in total. The molecule has 3 aromatic rings. The Morgan fingerprint density at radius 1 is 1.28 bits per heavy atom. The maximum Gasteiger partial charge on any atom is 0.290 e. The smallest absolute Gasteiger partial charge is 0.290 e. The monoisotopic (exact) mass is 455 g/mol. The van der Waals surface area contributed by atoms with E-state index in [1.165, 1.54) is 5.56 Å². The molecular weight excluding hydrogens is 426 g/mol. The molecule has 1 fully saturated rings. The maximum atomic E-state index is 12.9. The van der Waals surface area contributed by atoms with Crippen molar-refractivity contribution in [2.75, 3.05) is 25.5 Å². The molecular formula is C23H29N5O3S. The highest BCUT2D eigenvalue weighted by molar-refractivity contribution is 7.13. The minimum atomic E-state index is -0.250. The number of rotatable bonds is 5. The van der Waals surface area contributed by atoms with Gasteiger partial charge in [0.15, 0.2) is 5.13 Å². The van der Waals surface area contributed by atoms with Crippen molar-refractivity contribution < 1.29 is 14.7 Å². The average Bonchev–Trinajstić information content (AvgIpc) is 3.41. The molecule has 0 bridgehead atoms. The number of benzene rings is 1. The van der Waals surface area contributed by atoms with Gasteiger partial charge in [-0.2, -0.15) is 5.10 Å². The van der Waals surface area contributed by atoms with Gasteiger partial charge in [-0.25, -0.2) is 4.98 Å². The lowest BCUT2D eigenvalue weighted by atomic mass is 9.70. The largest absolute Gasteiger partial charge is 0.483 e. The molecule has 0 aliphatic carbocycles. The molecule has 1 aliphatic heterocycles. The first-order valence-electron chi connectivity index (χ1n) is 10.5. The van der Waals surface area contributed by atoms with Gasteiger partial charge in [-0.05, 0) is 25.3 Å². The number of carbonyl (C=O) groups is 2. The van der Waals surface area contributed by atoms with E-state index in [1.54, 1.807) is 16.0 Å². The van der Waals surface area contributed by atoms with Crippen LogP contribution in [0.3, 0.4) is 0 Å². The number of carbonyl (C=O) groups excluding carboxylic acids is 1. The van der Waals surface area contributed by atoms with Gasteiger partial charge in [-0.3, -0.25) is 14.3 Å². The van der Waals surface area contributed by atoms with E-state index >= 15 is 0 Å². The Morgan fingerprint density at radius 3 is 2.47 bits per heavy atom. The molecule has 0 radical (unpaired) electrons. The van der Waals surface area contributed by atoms with E-state index in [4.69, 9.17) is 14.9 Å². The number of aromatic nitrogens is 3. The van der Waals surface area contributed by atoms with E-state index in [0.29, 0.717) is 6.42 Å². The van der Waals surface area contributed by atoms with Crippen molar-refractivity contribution in [2.45, 2.75) is 31.6 Å². The topological polar surface area (TPSA) is 100 Å². The molecule has 170 valence electrons. The molecule has 3 heterocycles. The van der Waals surface area contributed by atoms with E-state index < -0.39 is 0 Å². The average molecular weight is 456 g/mol. The summed E-state index contributed by atoms with van der Waals surface area (Å²) < 4.78 is 1.77. The zero-order valence-electron chi connectivity index (χ0n) is 18.6. The van der Waals surface area contributed by atoms with E-state index in [1.807, 2.05) is 38.2 Å². The second-order valence-electron chi connectivity index (χ2n) is 7.81. The number of thiazole rings is 1. The standard InChI is InChI=1S/C22H27N5OS.CH2O2/c1-16-17(14-26(3)25-16)13-20(28)27-11-9-22(10-12-27,18-7-5-4-6-8-18)19-15-29-21(23-2)24-19;2-1-3/h4-8,14-15H,9-13H2,1-3H3,(H,23,24);1H,(H,2,3). The van der Waals surface area contributed by atoms with E-state index in [9.17, 15) is 4.79 Å². The van der Waals surface area contributed by atoms with Crippen molar-refractivity contribution in [3.05, 3.63) is 64.4 Å². The number of carboxylic acid groups (broad SMARTS) is 1. The van der Waals surface area contributed by atoms with Crippen LogP contribution >= 0.6 is 11.3 Å². The molecule has 0 unspecified atom stereocenters. The van der Waals surface area contributed by atoms with Crippen molar-refractivity contribution in [3.63, 3.8) is 0 Å². The fourth-order valence-corrected chi connectivity index (χ4v) is 5.06. The summed E-state index contributed by atoms with van der Waals surface area (Å²) >= 11 is 1.64. The molecule has 4 rings (SSSR count). The third-order valence-corrected chi connectivity index (χ3v) is 6.82. The van der Waals surface area contributed by atoms with Gasteiger partial charge in [-0.15, -0.1) is 11.3 Å². The van der Waals surface area contributed by atoms with E-state index in [0.717, 1.165) is 48.0 Å². The summed E-state index contributed by atoms with van der Waals surface area (Å²) in [4.78, 5) is 28.1. The first-order valence-corrected chi connectivity index (χ1v) is 11.4. The molecule has 9 heteroatoms. The normalized spacial score (nSPS) is 14.9. The predicted molar refractivity (Wildman–Crippen MR) is 125 cm³/mol. The van der Waals surface area contributed by atoms with Gasteiger partial charge in [0.2, 0.25) is 5.91 Å². The summed E-state index contributed by atoms with van der Waals surface area (Å²) in [6.45, 7) is 3.18. The molecule has 32 heavy (non-hydrogen) atoms. The van der Waals surface area contributed by atoms with Gasteiger partial charge in [0.25, 0.3) is 6.47 Å². The molecule has 0 atom stereocenters. The summed E-state index contributed by atoms with van der Waals surface area (Å²) in [5.74, 6) is 0.178. The second kappa shape index (κ2) is 10.4. The second-order valence-corrected chi connectivity index (χ2v) is 8.67. The van der Waals surface area contributed by atoms with E-state index in [2.05, 4.69) is 40.1 Å². The lowest BCUT2D eigenvalue weighted by Gasteiger charge is -2.41. The Bertz CT molecular complexity index is 1040. The Kier molecular flexibility index (Phi) is 7.63. The molecule has 0 spiro atoms. The first-order chi connectivity index (χ1) is 15.4. The lowest BCUT2D eigenvalue weighted by molar-refractivity contribution is -0.132. The lowest BCUT2D eigenvalue weighted by Crippen LogP contribution is -2.46. The first kappa shape index (κ1) is 23.5. The zero-order chi connectivity index (χ0) is 23.1. The minimum absolute atomic E-state index is 0.145. The Morgan fingerprint density at radius 2 is 1.94 bits per heavy atom. The number of amides is 1. The number of nitrogens with zero attached hydrogens (tertiary/aromatic N) is 4. The van der Waals surface area contributed by atoms with Crippen molar-refractivity contribution in [2.24, 2.45) is 7.05 Å². The van der Waals surface area contributed by atoms with E-state index in [-0.39, 0.29) is 17.8 Å². The number of hydrogen-bond acceptors (Lipinski definition) is 6. The van der Waals surface area contributed by atoms with Crippen LogP contribution in [0.25, 0.3) is 0 Å². The number of aryl methyl sites for hydroxylation is 2. The van der Waals surface area contributed by atoms with Gasteiger partial charge in [-0.1, -0.05) is 30.3 Å². The van der Waals surface area contributed by atoms with Crippen LogP contribution in [-0.2, 0) is 28.5 Å². The quantitative estimate of drug-likeness (QED) is 0.574. The van der Waals surface area contributed by atoms with Crippen LogP contribution in [0, 0.1) is 6.92 Å². The maximum absolute atomic E-state index is 12.9. The summed E-state index contributed by atoms with van der Waals surface area (Å²) in [6, 6.07) is 10.6. The number of anilines is 1. The number of nitrogens with one attached hydrogen (secondary N) is 1. The van der Waals surface area contributed by atoms with Crippen molar-refractivity contribution in [1.29, 1.82) is 0 Å². The highest BCUT2D eigenvalue weighted by atomic mass is 32.1. The van der Waals surface area contributed by atoms with Crippen LogP contribution in [0.15, 0.2) is 41.9 Å². The Balaban J connectivity index is 0.000000913. The van der Waals surface area contributed by atoms with Crippen LogP contribution < -0.4 is 5.32 Å². The van der Waals surface area contributed by atoms with Crippen LogP contribution in [-0.4, -0.2) is 57.3 Å². The van der Waals surface area contributed by atoms with Gasteiger partial charge in [0, 0.05) is 49.7 Å². The summed E-state index contributed by atoms with van der Waals surface area (Å²) in [7, 11) is 3.79. The summed E-state index contributed by atoms with van der Waals surface area (Å²) in [5.41, 5.74) is 4.18. The summed E-state index contributed by atoms with van der Waals surface area (Å²) in [5, 5.41) is 17.5. The Labute approximate surface area is 191 Å². The molecule has 0 saturated carbocycles. The Hall–Kier alpha value is -3.20. The van der Waals surface area contributed by atoms with Crippen LogP contribution in [0.5, 0.6) is 0 Å². The highest BCUT2D eigenvalue weighted by Gasteiger charge is 2.40. The fourth-order valence-electron chi connectivity index (χ4n) is 4.29. The summed E-state index contributed by atoms with van der Waals surface area (Å²) in [6.07, 6.45) is 4.11. The molecule has 2 aromatic heterocycles. The molecule has 1 saturated heterocycles. The molecule has 1 aromatic carbocycles. The van der Waals surface area contributed by atoms with Gasteiger partial charge in [0.05, 0.1) is 17.8 Å². The van der Waals surface area contributed by atoms with Crippen LogP contribution in [0.4, 0.5) is 5.13 Å². The third kappa shape index (κ3) is 4.99. The van der Waals surface area contributed by atoms with Crippen molar-refractivity contribution in [3.8, 4) is 0 Å². The fraction of sp³-hybridized carbons (Fsp3) is 0.391. The predicted octanol–water partition coefficient (Wildman–Crippen LogP) is 3.08. The number of hydrogen-bond donors (Lipinski definition) is 2. The number of likely N-dealkylation sites (tertiary alicyclic amines) is 1. The number of piperidine rings is 1. The van der Waals surface area contributed by atoms with Crippen LogP contribution in [0.1, 0.15) is 35.4 Å². The highest BCUT2D eigenvalue weighted by Crippen LogP contribution is 2.42. The third-order valence-electron chi connectivity index (χ3n) is 5.96. The zero-order valence-corrected chi connectivity index (χ0v) is 19.4. The SMILES string of the molecule is CNc1nc(C2(c3ccccc3)CCN(C(=O)Cc3cn(C)nc3C)CC2)cs1.O=CO. The van der Waals surface area contributed by atoms with Gasteiger partial charge < -0.3 is 15.3 Å². The molecule has 1 aliphatic rings. The van der Waals surface area contributed by atoms with Crippen LogP contribution in [0.2, 0.25) is 0 Å². The van der Waals surface area contributed by atoms with Crippen molar-refractivity contribution in [1.82, 2.24) is 19.7 Å².